The van der Waals surface area contributed by atoms with Crippen LogP contribution >= 0.6 is 0 Å². The monoisotopic (exact) mass is 187 g/mol. The normalized spacial score (nSPS) is 17.1. The zero-order chi connectivity index (χ0) is 9.38. The Bertz CT molecular complexity index is 442. The average Bonchev–Trinajstić information content (AvgIpc) is 2.55. The summed E-state index contributed by atoms with van der Waals surface area (Å²) in [4.78, 5) is 4.27. The van der Waals surface area contributed by atoms with Crippen molar-refractivity contribution in [2.24, 2.45) is 5.92 Å². The molecule has 3 rings (SSSR count). The van der Waals surface area contributed by atoms with E-state index in [1.54, 1.807) is 0 Å². The molecule has 0 amide bonds. The number of rotatable bonds is 2. The molecule has 0 spiro atoms. The molecule has 0 radical (unpaired) electrons. The van der Waals surface area contributed by atoms with Crippen LogP contribution in [-0.4, -0.2) is 14.8 Å². The maximum atomic E-state index is 4.37. The van der Waals surface area contributed by atoms with Gasteiger partial charge in [0.15, 0.2) is 0 Å². The van der Waals surface area contributed by atoms with Crippen molar-refractivity contribution < 1.29 is 0 Å². The standard InChI is InChI=1S/C11H13N3/c1-3-9(4-1)8-14-11-5-2-6-12-10(11)7-13-14/h2,5-7,9H,1,3-4,8H2. The van der Waals surface area contributed by atoms with E-state index < -0.39 is 0 Å². The zero-order valence-electron chi connectivity index (χ0n) is 8.06. The lowest BCUT2D eigenvalue weighted by atomic mass is 9.85. The minimum Gasteiger partial charge on any atom is -0.263 e. The van der Waals surface area contributed by atoms with E-state index in [2.05, 4.69) is 20.8 Å². The largest absolute Gasteiger partial charge is 0.263 e. The third kappa shape index (κ3) is 1.20. The van der Waals surface area contributed by atoms with E-state index in [9.17, 15) is 0 Å². The van der Waals surface area contributed by atoms with Gasteiger partial charge in [-0.05, 0) is 30.9 Å². The first kappa shape index (κ1) is 7.97. The SMILES string of the molecule is c1cnc2cnn(CC3CCC3)c2c1. The van der Waals surface area contributed by atoms with Crippen LogP contribution in [0.25, 0.3) is 11.0 Å². The predicted molar refractivity (Wildman–Crippen MR) is 54.9 cm³/mol. The van der Waals surface area contributed by atoms with Gasteiger partial charge in [-0.25, -0.2) is 0 Å². The summed E-state index contributed by atoms with van der Waals surface area (Å²) < 4.78 is 2.09. The summed E-state index contributed by atoms with van der Waals surface area (Å²) in [6.07, 6.45) is 7.79. The lowest BCUT2D eigenvalue weighted by Gasteiger charge is -2.25. The van der Waals surface area contributed by atoms with E-state index >= 15 is 0 Å². The van der Waals surface area contributed by atoms with E-state index in [-0.39, 0.29) is 0 Å². The van der Waals surface area contributed by atoms with Crippen molar-refractivity contribution in [2.45, 2.75) is 25.8 Å². The highest BCUT2D eigenvalue weighted by Crippen LogP contribution is 2.28. The number of hydrogen-bond donors (Lipinski definition) is 0. The predicted octanol–water partition coefficient (Wildman–Crippen LogP) is 2.23. The van der Waals surface area contributed by atoms with Crippen LogP contribution in [0.15, 0.2) is 24.5 Å². The van der Waals surface area contributed by atoms with Crippen molar-refractivity contribution in [1.29, 1.82) is 0 Å². The Hall–Kier alpha value is -1.38. The third-order valence-corrected chi connectivity index (χ3v) is 3.07. The molecule has 0 unspecified atom stereocenters. The number of pyridine rings is 1. The summed E-state index contributed by atoms with van der Waals surface area (Å²) in [5.74, 6) is 0.846. The summed E-state index contributed by atoms with van der Waals surface area (Å²) in [6.45, 7) is 1.06. The molecule has 1 fully saturated rings. The van der Waals surface area contributed by atoms with E-state index in [0.717, 1.165) is 18.0 Å². The van der Waals surface area contributed by atoms with Crippen LogP contribution in [0, 0.1) is 5.92 Å². The molecule has 2 aromatic heterocycles. The lowest BCUT2D eigenvalue weighted by molar-refractivity contribution is 0.270. The van der Waals surface area contributed by atoms with Gasteiger partial charge in [-0.2, -0.15) is 5.10 Å². The van der Waals surface area contributed by atoms with Gasteiger partial charge in [0.2, 0.25) is 0 Å². The van der Waals surface area contributed by atoms with Gasteiger partial charge in [-0.1, -0.05) is 6.42 Å². The van der Waals surface area contributed by atoms with Gasteiger partial charge in [0.25, 0.3) is 0 Å². The van der Waals surface area contributed by atoms with Crippen molar-refractivity contribution in [1.82, 2.24) is 14.8 Å². The van der Waals surface area contributed by atoms with Crippen LogP contribution in [0.4, 0.5) is 0 Å². The van der Waals surface area contributed by atoms with Crippen LogP contribution in [0.5, 0.6) is 0 Å². The minimum absolute atomic E-state index is 0.846. The fourth-order valence-corrected chi connectivity index (χ4v) is 1.98. The Morgan fingerprint density at radius 1 is 1.43 bits per heavy atom. The molecular weight excluding hydrogens is 174 g/mol. The second-order valence-electron chi connectivity index (χ2n) is 4.03. The minimum atomic E-state index is 0.846. The van der Waals surface area contributed by atoms with Crippen LogP contribution < -0.4 is 0 Å². The zero-order valence-corrected chi connectivity index (χ0v) is 8.06. The smallest absolute Gasteiger partial charge is 0.108 e. The highest BCUT2D eigenvalue weighted by Gasteiger charge is 2.18. The molecule has 0 aliphatic heterocycles. The number of fused-ring (bicyclic) bond motifs is 1. The molecule has 0 bridgehead atoms. The molecule has 0 aromatic carbocycles. The van der Waals surface area contributed by atoms with Gasteiger partial charge in [0, 0.05) is 12.7 Å². The molecule has 1 aliphatic carbocycles. The summed E-state index contributed by atoms with van der Waals surface area (Å²) in [5.41, 5.74) is 2.17. The molecule has 1 saturated carbocycles. The van der Waals surface area contributed by atoms with Crippen LogP contribution in [0.1, 0.15) is 19.3 Å². The summed E-state index contributed by atoms with van der Waals surface area (Å²) in [7, 11) is 0. The Morgan fingerprint density at radius 3 is 3.14 bits per heavy atom. The van der Waals surface area contributed by atoms with Crippen molar-refractivity contribution in [2.75, 3.05) is 0 Å². The Kier molecular flexibility index (Phi) is 1.76. The van der Waals surface area contributed by atoms with Gasteiger partial charge in [0.1, 0.15) is 5.52 Å². The Balaban J connectivity index is 1.95. The first-order valence-corrected chi connectivity index (χ1v) is 5.20. The fraction of sp³-hybridized carbons (Fsp3) is 0.455. The molecule has 0 saturated heterocycles. The fourth-order valence-electron chi connectivity index (χ4n) is 1.98. The van der Waals surface area contributed by atoms with Gasteiger partial charge < -0.3 is 0 Å². The third-order valence-electron chi connectivity index (χ3n) is 3.07. The van der Waals surface area contributed by atoms with Gasteiger partial charge >= 0.3 is 0 Å². The molecule has 3 nitrogen and oxygen atoms in total. The Morgan fingerprint density at radius 2 is 2.36 bits per heavy atom. The van der Waals surface area contributed by atoms with E-state index in [0.29, 0.717) is 0 Å². The van der Waals surface area contributed by atoms with E-state index in [1.807, 2.05) is 18.5 Å². The lowest BCUT2D eigenvalue weighted by Crippen LogP contribution is -2.18. The van der Waals surface area contributed by atoms with Gasteiger partial charge in [-0.3, -0.25) is 9.67 Å². The highest BCUT2D eigenvalue weighted by atomic mass is 15.3. The number of aromatic nitrogens is 3. The van der Waals surface area contributed by atoms with Gasteiger partial charge in [-0.15, -0.1) is 0 Å². The van der Waals surface area contributed by atoms with Crippen LogP contribution in [0.2, 0.25) is 0 Å². The average molecular weight is 187 g/mol. The van der Waals surface area contributed by atoms with Crippen molar-refractivity contribution in [3.05, 3.63) is 24.5 Å². The number of hydrogen-bond acceptors (Lipinski definition) is 2. The van der Waals surface area contributed by atoms with E-state index in [4.69, 9.17) is 0 Å². The maximum Gasteiger partial charge on any atom is 0.108 e. The second-order valence-corrected chi connectivity index (χ2v) is 4.03. The summed E-state index contributed by atoms with van der Waals surface area (Å²) >= 11 is 0. The van der Waals surface area contributed by atoms with Crippen LogP contribution in [0.3, 0.4) is 0 Å². The molecule has 0 N–H and O–H groups in total. The molecule has 0 atom stereocenters. The molecule has 14 heavy (non-hydrogen) atoms. The molecule has 2 aromatic rings. The quantitative estimate of drug-likeness (QED) is 0.721. The summed E-state index contributed by atoms with van der Waals surface area (Å²) in [6, 6.07) is 4.06. The van der Waals surface area contributed by atoms with Crippen LogP contribution in [-0.2, 0) is 6.54 Å². The molecule has 3 heteroatoms. The number of nitrogens with zero attached hydrogens (tertiary/aromatic N) is 3. The topological polar surface area (TPSA) is 30.7 Å². The highest BCUT2D eigenvalue weighted by molar-refractivity contribution is 5.73. The molecule has 2 heterocycles. The summed E-state index contributed by atoms with van der Waals surface area (Å²) in [5, 5.41) is 4.37. The van der Waals surface area contributed by atoms with Crippen molar-refractivity contribution in [3.63, 3.8) is 0 Å². The maximum absolute atomic E-state index is 4.37. The first-order valence-electron chi connectivity index (χ1n) is 5.20. The molecule has 1 aliphatic rings. The molecule has 72 valence electrons. The van der Waals surface area contributed by atoms with Crippen molar-refractivity contribution in [3.8, 4) is 0 Å². The molecular formula is C11H13N3. The first-order chi connectivity index (χ1) is 6.93. The van der Waals surface area contributed by atoms with Gasteiger partial charge in [0.05, 0.1) is 11.7 Å². The van der Waals surface area contributed by atoms with E-state index in [1.165, 1.54) is 24.8 Å². The Labute approximate surface area is 82.8 Å². The second kappa shape index (κ2) is 3.08. The van der Waals surface area contributed by atoms with Crippen molar-refractivity contribution >= 4 is 11.0 Å².